The van der Waals surface area contributed by atoms with Crippen molar-refractivity contribution in [1.29, 1.82) is 0 Å². The van der Waals surface area contributed by atoms with Gasteiger partial charge in [0.05, 0.1) is 5.69 Å². The molecule has 1 rings (SSSR count). The molecule has 0 unspecified atom stereocenters. The van der Waals surface area contributed by atoms with E-state index in [1.165, 1.54) is 13.1 Å². The normalized spacial score (nSPS) is 11.6. The standard InChI is InChI=1S/C7H8Br2N2O2S/c1-11-14(12,13)7-5(9)2-4(8)3-6(7)10/h2-3,11H,10H2,1H3. The Bertz CT molecular complexity index is 436. The van der Waals surface area contributed by atoms with Crippen molar-refractivity contribution in [2.75, 3.05) is 12.8 Å². The number of nitrogens with two attached hydrogens (primary N) is 1. The molecule has 4 nitrogen and oxygen atoms in total. The summed E-state index contributed by atoms with van der Waals surface area (Å²) in [6.07, 6.45) is 0. The van der Waals surface area contributed by atoms with Gasteiger partial charge in [0.2, 0.25) is 10.0 Å². The maximum absolute atomic E-state index is 11.5. The van der Waals surface area contributed by atoms with Crippen LogP contribution in [-0.4, -0.2) is 15.5 Å². The van der Waals surface area contributed by atoms with Crippen LogP contribution in [0.25, 0.3) is 0 Å². The zero-order chi connectivity index (χ0) is 10.9. The van der Waals surface area contributed by atoms with Crippen molar-refractivity contribution < 1.29 is 8.42 Å². The number of sulfonamides is 1. The van der Waals surface area contributed by atoms with E-state index in [0.29, 0.717) is 4.47 Å². The molecule has 0 aromatic heterocycles. The molecule has 0 aliphatic carbocycles. The quantitative estimate of drug-likeness (QED) is 0.803. The van der Waals surface area contributed by atoms with Crippen molar-refractivity contribution in [1.82, 2.24) is 4.72 Å². The van der Waals surface area contributed by atoms with Gasteiger partial charge in [0.15, 0.2) is 0 Å². The van der Waals surface area contributed by atoms with E-state index in [4.69, 9.17) is 5.73 Å². The van der Waals surface area contributed by atoms with Crippen LogP contribution < -0.4 is 10.5 Å². The van der Waals surface area contributed by atoms with E-state index in [-0.39, 0.29) is 10.6 Å². The van der Waals surface area contributed by atoms with E-state index in [1.54, 1.807) is 6.07 Å². The number of nitrogen functional groups attached to an aromatic ring is 1. The molecule has 0 bridgehead atoms. The smallest absolute Gasteiger partial charge is 0.243 e. The molecule has 0 heterocycles. The highest BCUT2D eigenvalue weighted by Gasteiger charge is 2.19. The summed E-state index contributed by atoms with van der Waals surface area (Å²) >= 11 is 6.36. The molecule has 3 N–H and O–H groups in total. The average molecular weight is 344 g/mol. The van der Waals surface area contributed by atoms with Crippen LogP contribution in [0.2, 0.25) is 0 Å². The Morgan fingerprint density at radius 1 is 1.36 bits per heavy atom. The summed E-state index contributed by atoms with van der Waals surface area (Å²) in [5, 5.41) is 0. The van der Waals surface area contributed by atoms with E-state index in [9.17, 15) is 8.42 Å². The number of benzene rings is 1. The van der Waals surface area contributed by atoms with Crippen LogP contribution >= 0.6 is 31.9 Å². The largest absolute Gasteiger partial charge is 0.398 e. The van der Waals surface area contributed by atoms with Crippen LogP contribution in [0.5, 0.6) is 0 Å². The summed E-state index contributed by atoms with van der Waals surface area (Å²) in [5.74, 6) is 0. The summed E-state index contributed by atoms with van der Waals surface area (Å²) in [5.41, 5.74) is 5.80. The number of hydrogen-bond donors (Lipinski definition) is 2. The summed E-state index contributed by atoms with van der Waals surface area (Å²) in [7, 11) is -2.18. The van der Waals surface area contributed by atoms with Crippen LogP contribution in [0.4, 0.5) is 5.69 Å². The highest BCUT2D eigenvalue weighted by Crippen LogP contribution is 2.31. The Balaban J connectivity index is 3.51. The molecule has 0 saturated heterocycles. The van der Waals surface area contributed by atoms with Crippen molar-refractivity contribution in [2.45, 2.75) is 4.90 Å². The average Bonchev–Trinajstić information content (AvgIpc) is 2.01. The molecular formula is C7H8Br2N2O2S. The van der Waals surface area contributed by atoms with Crippen molar-refractivity contribution in [2.24, 2.45) is 0 Å². The van der Waals surface area contributed by atoms with Gasteiger partial charge in [0.1, 0.15) is 4.90 Å². The van der Waals surface area contributed by atoms with E-state index in [2.05, 4.69) is 36.6 Å². The molecule has 0 atom stereocenters. The van der Waals surface area contributed by atoms with Crippen LogP contribution in [-0.2, 0) is 10.0 Å². The third-order valence-corrected chi connectivity index (χ3v) is 4.45. The molecular weight excluding hydrogens is 336 g/mol. The molecule has 14 heavy (non-hydrogen) atoms. The first-order valence-corrected chi connectivity index (χ1v) is 6.63. The van der Waals surface area contributed by atoms with Gasteiger partial charge in [-0.25, -0.2) is 13.1 Å². The van der Waals surface area contributed by atoms with Crippen LogP contribution in [0.1, 0.15) is 0 Å². The monoisotopic (exact) mass is 342 g/mol. The van der Waals surface area contributed by atoms with Crippen molar-refractivity contribution in [3.05, 3.63) is 21.1 Å². The highest BCUT2D eigenvalue weighted by molar-refractivity contribution is 9.11. The number of nitrogens with one attached hydrogen (secondary N) is 1. The fourth-order valence-electron chi connectivity index (χ4n) is 0.966. The predicted molar refractivity (Wildman–Crippen MR) is 62.5 cm³/mol. The summed E-state index contributed by atoms with van der Waals surface area (Å²) in [4.78, 5) is 0.0585. The summed E-state index contributed by atoms with van der Waals surface area (Å²) < 4.78 is 26.4. The van der Waals surface area contributed by atoms with Gasteiger partial charge in [0, 0.05) is 8.95 Å². The van der Waals surface area contributed by atoms with Crippen molar-refractivity contribution >= 4 is 47.6 Å². The van der Waals surface area contributed by atoms with Crippen LogP contribution in [0.3, 0.4) is 0 Å². The van der Waals surface area contributed by atoms with Gasteiger partial charge < -0.3 is 5.73 Å². The summed E-state index contributed by atoms with van der Waals surface area (Å²) in [6.45, 7) is 0. The Morgan fingerprint density at radius 2 is 1.93 bits per heavy atom. The lowest BCUT2D eigenvalue weighted by Crippen LogP contribution is -2.20. The SMILES string of the molecule is CNS(=O)(=O)c1c(N)cc(Br)cc1Br. The fourth-order valence-corrected chi connectivity index (χ4v) is 3.75. The van der Waals surface area contributed by atoms with Gasteiger partial charge in [-0.2, -0.15) is 0 Å². The first-order valence-electron chi connectivity index (χ1n) is 3.56. The number of rotatable bonds is 2. The van der Waals surface area contributed by atoms with Crippen molar-refractivity contribution in [3.63, 3.8) is 0 Å². The van der Waals surface area contributed by atoms with Gasteiger partial charge in [-0.3, -0.25) is 0 Å². The number of hydrogen-bond acceptors (Lipinski definition) is 3. The van der Waals surface area contributed by atoms with Gasteiger partial charge >= 0.3 is 0 Å². The minimum atomic E-state index is -3.52. The molecule has 7 heteroatoms. The lowest BCUT2D eigenvalue weighted by Gasteiger charge is -2.08. The summed E-state index contributed by atoms with van der Waals surface area (Å²) in [6, 6.07) is 3.16. The number of halogens is 2. The maximum Gasteiger partial charge on any atom is 0.243 e. The molecule has 1 aromatic carbocycles. The maximum atomic E-state index is 11.5. The van der Waals surface area contributed by atoms with Crippen molar-refractivity contribution in [3.8, 4) is 0 Å². The third-order valence-electron chi connectivity index (χ3n) is 1.57. The van der Waals surface area contributed by atoms with E-state index < -0.39 is 10.0 Å². The first-order chi connectivity index (χ1) is 6.38. The molecule has 0 fully saturated rings. The topological polar surface area (TPSA) is 72.2 Å². The molecule has 1 aromatic rings. The van der Waals surface area contributed by atoms with E-state index in [0.717, 1.165) is 4.47 Å². The zero-order valence-corrected chi connectivity index (χ0v) is 11.2. The lowest BCUT2D eigenvalue weighted by molar-refractivity contribution is 0.588. The minimum absolute atomic E-state index is 0.0585. The second kappa shape index (κ2) is 4.18. The van der Waals surface area contributed by atoms with Crippen LogP contribution in [0, 0.1) is 0 Å². The molecule has 0 spiro atoms. The molecule has 0 saturated carbocycles. The zero-order valence-electron chi connectivity index (χ0n) is 7.21. The molecule has 78 valence electrons. The second-order valence-electron chi connectivity index (χ2n) is 2.51. The fraction of sp³-hybridized carbons (Fsp3) is 0.143. The van der Waals surface area contributed by atoms with E-state index >= 15 is 0 Å². The van der Waals surface area contributed by atoms with E-state index in [1.807, 2.05) is 0 Å². The van der Waals surface area contributed by atoms with Gasteiger partial charge in [-0.1, -0.05) is 15.9 Å². The van der Waals surface area contributed by atoms with Gasteiger partial charge in [-0.15, -0.1) is 0 Å². The minimum Gasteiger partial charge on any atom is -0.398 e. The first kappa shape index (κ1) is 12.0. The Morgan fingerprint density at radius 3 is 2.36 bits per heavy atom. The molecule has 0 aliphatic heterocycles. The predicted octanol–water partition coefficient (Wildman–Crippen LogP) is 1.70. The van der Waals surface area contributed by atoms with Gasteiger partial charge in [-0.05, 0) is 35.1 Å². The van der Waals surface area contributed by atoms with Crippen LogP contribution in [0.15, 0.2) is 26.0 Å². The third kappa shape index (κ3) is 2.28. The Hall–Kier alpha value is -0.110. The Kier molecular flexibility index (Phi) is 3.57. The molecule has 0 aliphatic rings. The highest BCUT2D eigenvalue weighted by atomic mass is 79.9. The Labute approximate surface area is 99.2 Å². The second-order valence-corrected chi connectivity index (χ2v) is 6.11. The van der Waals surface area contributed by atoms with Gasteiger partial charge in [0.25, 0.3) is 0 Å². The lowest BCUT2D eigenvalue weighted by atomic mass is 10.3. The molecule has 0 amide bonds. The molecule has 0 radical (unpaired) electrons. The number of anilines is 1.